The summed E-state index contributed by atoms with van der Waals surface area (Å²) >= 11 is 1.56. The highest BCUT2D eigenvalue weighted by atomic mass is 32.1. The van der Waals surface area contributed by atoms with E-state index in [1.165, 1.54) is 11.9 Å². The molecule has 0 amide bonds. The minimum atomic E-state index is 0.418. The van der Waals surface area contributed by atoms with Crippen molar-refractivity contribution in [3.05, 3.63) is 54.6 Å². The number of nitrogens with one attached hydrogen (secondary N) is 2. The molecule has 0 aliphatic rings. The van der Waals surface area contributed by atoms with Crippen LogP contribution >= 0.6 is 11.3 Å². The Kier molecular flexibility index (Phi) is 3.87. The molecule has 3 heterocycles. The van der Waals surface area contributed by atoms with Crippen molar-refractivity contribution in [2.75, 3.05) is 16.4 Å². The van der Waals surface area contributed by atoms with Crippen LogP contribution in [0.15, 0.2) is 49.1 Å². The number of hydrogen-bond donors (Lipinski definition) is 3. The number of hydrogen-bond acceptors (Lipinski definition) is 8. The lowest BCUT2D eigenvalue weighted by Gasteiger charge is -2.10. The SMILES string of the molecule is Cc1ccc2nc(Nc3ncnc(Nc4cccnc4)c3N)sc2c1. The van der Waals surface area contributed by atoms with Crippen LogP contribution in [0.25, 0.3) is 10.2 Å². The van der Waals surface area contributed by atoms with Gasteiger partial charge in [0.1, 0.15) is 12.0 Å². The van der Waals surface area contributed by atoms with Gasteiger partial charge in [0.05, 0.1) is 22.1 Å². The minimum Gasteiger partial charge on any atom is -0.393 e. The molecule has 0 aliphatic heterocycles. The van der Waals surface area contributed by atoms with Gasteiger partial charge in [-0.2, -0.15) is 0 Å². The molecule has 0 radical (unpaired) electrons. The maximum atomic E-state index is 6.20. The number of rotatable bonds is 4. The van der Waals surface area contributed by atoms with E-state index in [9.17, 15) is 0 Å². The number of aromatic nitrogens is 4. The van der Waals surface area contributed by atoms with Crippen molar-refractivity contribution in [2.24, 2.45) is 0 Å². The molecule has 0 unspecified atom stereocenters. The molecule has 7 nitrogen and oxygen atoms in total. The summed E-state index contributed by atoms with van der Waals surface area (Å²) < 4.78 is 1.11. The zero-order valence-electron chi connectivity index (χ0n) is 13.4. The molecule has 8 heteroatoms. The largest absolute Gasteiger partial charge is 0.393 e. The Balaban J connectivity index is 1.62. The fraction of sp³-hybridized carbons (Fsp3) is 0.0588. The second-order valence-electron chi connectivity index (χ2n) is 5.47. The second kappa shape index (κ2) is 6.33. The van der Waals surface area contributed by atoms with Gasteiger partial charge in [-0.15, -0.1) is 0 Å². The van der Waals surface area contributed by atoms with Gasteiger partial charge >= 0.3 is 0 Å². The van der Waals surface area contributed by atoms with Gasteiger partial charge < -0.3 is 16.4 Å². The van der Waals surface area contributed by atoms with Crippen LogP contribution in [0.3, 0.4) is 0 Å². The normalized spacial score (nSPS) is 10.8. The van der Waals surface area contributed by atoms with E-state index < -0.39 is 0 Å². The number of aryl methyl sites for hydroxylation is 1. The van der Waals surface area contributed by atoms with E-state index in [0.717, 1.165) is 21.0 Å². The van der Waals surface area contributed by atoms with Crippen molar-refractivity contribution in [3.8, 4) is 0 Å². The van der Waals surface area contributed by atoms with Crippen LogP contribution in [0, 0.1) is 6.92 Å². The summed E-state index contributed by atoms with van der Waals surface area (Å²) in [6.07, 6.45) is 4.86. The van der Waals surface area contributed by atoms with Gasteiger partial charge in [0.15, 0.2) is 16.8 Å². The van der Waals surface area contributed by atoms with Gasteiger partial charge in [0, 0.05) is 6.20 Å². The Morgan fingerprint density at radius 1 is 1.08 bits per heavy atom. The molecule has 0 spiro atoms. The number of nitrogen functional groups attached to an aromatic ring is 1. The predicted molar refractivity (Wildman–Crippen MR) is 102 cm³/mol. The summed E-state index contributed by atoms with van der Waals surface area (Å²) in [6.45, 7) is 2.06. The molecule has 0 atom stereocenters. The van der Waals surface area contributed by atoms with Crippen LogP contribution < -0.4 is 16.4 Å². The average molecular weight is 349 g/mol. The lowest BCUT2D eigenvalue weighted by atomic mass is 10.2. The molecule has 1 aromatic carbocycles. The maximum absolute atomic E-state index is 6.20. The van der Waals surface area contributed by atoms with Gasteiger partial charge in [-0.25, -0.2) is 15.0 Å². The first-order valence-corrected chi connectivity index (χ1v) is 8.42. The van der Waals surface area contributed by atoms with Gasteiger partial charge in [0.25, 0.3) is 0 Å². The number of anilines is 5. The van der Waals surface area contributed by atoms with Crippen LogP contribution in [0.1, 0.15) is 5.56 Å². The third kappa shape index (κ3) is 3.20. The zero-order chi connectivity index (χ0) is 17.2. The minimum absolute atomic E-state index is 0.418. The van der Waals surface area contributed by atoms with Crippen LogP contribution in [-0.4, -0.2) is 19.9 Å². The van der Waals surface area contributed by atoms with E-state index in [1.54, 1.807) is 23.7 Å². The summed E-state index contributed by atoms with van der Waals surface area (Å²) in [5, 5.41) is 7.05. The summed E-state index contributed by atoms with van der Waals surface area (Å²) in [7, 11) is 0. The van der Waals surface area contributed by atoms with E-state index in [1.807, 2.05) is 24.3 Å². The van der Waals surface area contributed by atoms with Gasteiger partial charge in [-0.3, -0.25) is 4.98 Å². The topological polar surface area (TPSA) is 102 Å². The Bertz CT molecular complexity index is 1030. The number of pyridine rings is 1. The first kappa shape index (κ1) is 15.3. The fourth-order valence-electron chi connectivity index (χ4n) is 2.35. The molecule has 0 saturated heterocycles. The zero-order valence-corrected chi connectivity index (χ0v) is 14.2. The first-order chi connectivity index (χ1) is 12.2. The molecule has 4 N–H and O–H groups in total. The molecule has 4 rings (SSSR count). The van der Waals surface area contributed by atoms with Crippen LogP contribution in [0.5, 0.6) is 0 Å². The molecular weight excluding hydrogens is 334 g/mol. The van der Waals surface area contributed by atoms with E-state index in [2.05, 4.69) is 43.6 Å². The smallest absolute Gasteiger partial charge is 0.189 e. The van der Waals surface area contributed by atoms with Crippen LogP contribution in [-0.2, 0) is 0 Å². The van der Waals surface area contributed by atoms with Gasteiger partial charge in [-0.05, 0) is 36.8 Å². The Morgan fingerprint density at radius 3 is 2.72 bits per heavy atom. The van der Waals surface area contributed by atoms with E-state index in [0.29, 0.717) is 17.3 Å². The Morgan fingerprint density at radius 2 is 1.92 bits per heavy atom. The molecule has 3 aromatic heterocycles. The number of benzene rings is 1. The highest BCUT2D eigenvalue weighted by Gasteiger charge is 2.11. The summed E-state index contributed by atoms with van der Waals surface area (Å²) in [6, 6.07) is 9.88. The molecule has 0 aliphatic carbocycles. The Labute approximate surface area is 148 Å². The van der Waals surface area contributed by atoms with Crippen molar-refractivity contribution in [3.63, 3.8) is 0 Å². The summed E-state index contributed by atoms with van der Waals surface area (Å²) in [4.78, 5) is 17.1. The maximum Gasteiger partial charge on any atom is 0.189 e. The lowest BCUT2D eigenvalue weighted by Crippen LogP contribution is -2.05. The molecule has 25 heavy (non-hydrogen) atoms. The molecule has 0 bridgehead atoms. The molecule has 0 saturated carbocycles. The Hall–Kier alpha value is -3.26. The molecule has 124 valence electrons. The summed E-state index contributed by atoms with van der Waals surface area (Å²) in [5.74, 6) is 1.03. The van der Waals surface area contributed by atoms with Crippen molar-refractivity contribution < 1.29 is 0 Å². The van der Waals surface area contributed by atoms with Crippen molar-refractivity contribution in [1.82, 2.24) is 19.9 Å². The van der Waals surface area contributed by atoms with Gasteiger partial charge in [0.2, 0.25) is 0 Å². The molecular formula is C17H15N7S. The fourth-order valence-corrected chi connectivity index (χ4v) is 3.32. The highest BCUT2D eigenvalue weighted by molar-refractivity contribution is 7.22. The molecule has 4 aromatic rings. The van der Waals surface area contributed by atoms with Crippen molar-refractivity contribution in [2.45, 2.75) is 6.92 Å². The van der Waals surface area contributed by atoms with Crippen molar-refractivity contribution >= 4 is 49.7 Å². The monoisotopic (exact) mass is 349 g/mol. The van der Waals surface area contributed by atoms with Crippen LogP contribution in [0.4, 0.5) is 28.1 Å². The quantitative estimate of drug-likeness (QED) is 0.514. The third-order valence-corrected chi connectivity index (χ3v) is 4.51. The highest BCUT2D eigenvalue weighted by Crippen LogP contribution is 2.32. The number of fused-ring (bicyclic) bond motifs is 1. The number of nitrogens with zero attached hydrogens (tertiary/aromatic N) is 4. The standard InChI is InChI=1S/C17H15N7S/c1-10-4-5-12-13(7-10)25-17(23-12)24-16-14(18)15(20-9-21-16)22-11-3-2-6-19-8-11/h2-9H,18H2,1H3,(H2,20,21,22,23,24). The third-order valence-electron chi connectivity index (χ3n) is 3.58. The van der Waals surface area contributed by atoms with Crippen LogP contribution in [0.2, 0.25) is 0 Å². The van der Waals surface area contributed by atoms with Crippen molar-refractivity contribution in [1.29, 1.82) is 0 Å². The van der Waals surface area contributed by atoms with E-state index >= 15 is 0 Å². The van der Waals surface area contributed by atoms with E-state index in [-0.39, 0.29) is 0 Å². The summed E-state index contributed by atoms with van der Waals surface area (Å²) in [5.41, 5.74) is 9.57. The second-order valence-corrected chi connectivity index (χ2v) is 6.50. The first-order valence-electron chi connectivity index (χ1n) is 7.61. The average Bonchev–Trinajstić information content (AvgIpc) is 3.01. The van der Waals surface area contributed by atoms with E-state index in [4.69, 9.17) is 5.73 Å². The molecule has 0 fully saturated rings. The number of thiazole rings is 1. The predicted octanol–water partition coefficient (Wildman–Crippen LogP) is 3.86. The van der Waals surface area contributed by atoms with Gasteiger partial charge in [-0.1, -0.05) is 17.4 Å². The number of nitrogens with two attached hydrogens (primary N) is 1. The lowest BCUT2D eigenvalue weighted by molar-refractivity contribution is 1.17.